The second kappa shape index (κ2) is 9.06. The summed E-state index contributed by atoms with van der Waals surface area (Å²) in [7, 11) is 0. The van der Waals surface area contributed by atoms with Gasteiger partial charge in [-0.1, -0.05) is 13.0 Å². The van der Waals surface area contributed by atoms with Crippen LogP contribution in [0.25, 0.3) is 0 Å². The number of carbonyl (C=O) groups is 1. The van der Waals surface area contributed by atoms with Gasteiger partial charge in [0.05, 0.1) is 23.4 Å². The molecule has 1 aliphatic heterocycles. The number of hydrogen-bond donors (Lipinski definition) is 1. The molecule has 1 fully saturated rings. The van der Waals surface area contributed by atoms with E-state index in [1.807, 2.05) is 23.1 Å². The van der Waals surface area contributed by atoms with E-state index in [2.05, 4.69) is 22.2 Å². The van der Waals surface area contributed by atoms with Crippen molar-refractivity contribution >= 4 is 17.2 Å². The summed E-state index contributed by atoms with van der Waals surface area (Å²) < 4.78 is 0. The van der Waals surface area contributed by atoms with Gasteiger partial charge in [-0.3, -0.25) is 9.78 Å². The van der Waals surface area contributed by atoms with Gasteiger partial charge in [-0.25, -0.2) is 4.98 Å². The lowest BCUT2D eigenvalue weighted by Crippen LogP contribution is -2.40. The van der Waals surface area contributed by atoms with Crippen LogP contribution in [0.15, 0.2) is 30.6 Å². The maximum absolute atomic E-state index is 13.2. The molecule has 0 bridgehead atoms. The number of amides is 1. The van der Waals surface area contributed by atoms with Crippen LogP contribution in [0.4, 0.5) is 0 Å². The van der Waals surface area contributed by atoms with Gasteiger partial charge in [-0.05, 0) is 57.3 Å². The summed E-state index contributed by atoms with van der Waals surface area (Å²) in [6.45, 7) is 4.68. The largest absolute Gasteiger partial charge is 0.329 e. The maximum Gasteiger partial charge on any atom is 0.266 e. The second-order valence-corrected chi connectivity index (χ2v) is 7.57. The van der Waals surface area contributed by atoms with Crippen molar-refractivity contribution in [3.8, 4) is 0 Å². The first-order valence-electron chi connectivity index (χ1n) is 9.14. The minimum absolute atomic E-state index is 0.0948. The third-order valence-corrected chi connectivity index (χ3v) is 5.58. The van der Waals surface area contributed by atoms with Crippen LogP contribution >= 0.6 is 11.3 Å². The predicted molar refractivity (Wildman–Crippen MR) is 101 cm³/mol. The van der Waals surface area contributed by atoms with Crippen LogP contribution in [0.3, 0.4) is 0 Å². The Labute approximate surface area is 153 Å². The number of nitrogens with one attached hydrogen (secondary N) is 1. The Morgan fingerprint density at radius 1 is 1.32 bits per heavy atom. The number of aryl methyl sites for hydroxylation is 1. The van der Waals surface area contributed by atoms with Crippen LogP contribution in [0.2, 0.25) is 0 Å². The zero-order valence-electron chi connectivity index (χ0n) is 14.8. The molecule has 1 N–H and O–H groups in total. The molecule has 1 saturated heterocycles. The highest BCUT2D eigenvalue weighted by Crippen LogP contribution is 2.23. The van der Waals surface area contributed by atoms with E-state index in [0.29, 0.717) is 6.54 Å². The molecule has 0 saturated carbocycles. The number of aromatic nitrogens is 2. The van der Waals surface area contributed by atoms with Gasteiger partial charge >= 0.3 is 0 Å². The molecule has 134 valence electrons. The highest BCUT2D eigenvalue weighted by Gasteiger charge is 2.27. The van der Waals surface area contributed by atoms with E-state index in [0.717, 1.165) is 60.8 Å². The number of thiazole rings is 1. The van der Waals surface area contributed by atoms with Gasteiger partial charge in [0, 0.05) is 12.2 Å². The van der Waals surface area contributed by atoms with Crippen molar-refractivity contribution < 1.29 is 4.79 Å². The number of carbonyl (C=O) groups excluding carboxylic acids is 1. The summed E-state index contributed by atoms with van der Waals surface area (Å²) in [6, 6.07) is 6.13. The molecule has 2 aromatic heterocycles. The molecule has 3 heterocycles. The average molecular weight is 359 g/mol. The Bertz CT molecular complexity index is 665. The zero-order chi connectivity index (χ0) is 17.5. The predicted octanol–water partition coefficient (Wildman–Crippen LogP) is 3.28. The van der Waals surface area contributed by atoms with Gasteiger partial charge in [-0.2, -0.15) is 0 Å². The molecule has 0 aliphatic carbocycles. The SMILES string of the molecule is CCCc1ncc(C(=O)N(Cc2ccccn2)C2CCCNCC2)s1. The van der Waals surface area contributed by atoms with E-state index in [-0.39, 0.29) is 11.9 Å². The van der Waals surface area contributed by atoms with Gasteiger partial charge in [0.1, 0.15) is 4.88 Å². The van der Waals surface area contributed by atoms with E-state index in [1.165, 1.54) is 11.3 Å². The van der Waals surface area contributed by atoms with E-state index in [4.69, 9.17) is 0 Å². The lowest BCUT2D eigenvalue weighted by Gasteiger charge is -2.30. The lowest BCUT2D eigenvalue weighted by atomic mass is 10.1. The number of rotatable bonds is 6. The first-order valence-corrected chi connectivity index (χ1v) is 9.96. The lowest BCUT2D eigenvalue weighted by molar-refractivity contribution is 0.0647. The zero-order valence-corrected chi connectivity index (χ0v) is 15.6. The summed E-state index contributed by atoms with van der Waals surface area (Å²) in [6.07, 6.45) is 8.64. The molecule has 1 atom stereocenters. The van der Waals surface area contributed by atoms with Crippen LogP contribution in [0, 0.1) is 0 Å². The Morgan fingerprint density at radius 2 is 2.24 bits per heavy atom. The molecule has 0 aromatic carbocycles. The van der Waals surface area contributed by atoms with E-state index in [1.54, 1.807) is 12.4 Å². The van der Waals surface area contributed by atoms with Crippen LogP contribution < -0.4 is 5.32 Å². The van der Waals surface area contributed by atoms with Gasteiger partial charge in [0.25, 0.3) is 5.91 Å². The van der Waals surface area contributed by atoms with Crippen molar-refractivity contribution in [3.05, 3.63) is 46.2 Å². The molecule has 3 rings (SSSR count). The number of pyridine rings is 1. The summed E-state index contributed by atoms with van der Waals surface area (Å²) in [5.41, 5.74) is 0.936. The fraction of sp³-hybridized carbons (Fsp3) is 0.526. The van der Waals surface area contributed by atoms with Crippen molar-refractivity contribution in [1.29, 1.82) is 0 Å². The Morgan fingerprint density at radius 3 is 3.04 bits per heavy atom. The van der Waals surface area contributed by atoms with Crippen molar-refractivity contribution in [2.75, 3.05) is 13.1 Å². The van der Waals surface area contributed by atoms with Gasteiger partial charge in [0.2, 0.25) is 0 Å². The summed E-state index contributed by atoms with van der Waals surface area (Å²) in [5, 5.41) is 4.48. The highest BCUT2D eigenvalue weighted by atomic mass is 32.1. The van der Waals surface area contributed by atoms with E-state index in [9.17, 15) is 4.79 Å². The first-order chi connectivity index (χ1) is 12.3. The quantitative estimate of drug-likeness (QED) is 0.861. The molecule has 25 heavy (non-hydrogen) atoms. The molecular weight excluding hydrogens is 332 g/mol. The maximum atomic E-state index is 13.2. The third-order valence-electron chi connectivity index (χ3n) is 4.53. The van der Waals surface area contributed by atoms with Crippen molar-refractivity contribution in [3.63, 3.8) is 0 Å². The minimum atomic E-state index is 0.0948. The molecule has 2 aromatic rings. The smallest absolute Gasteiger partial charge is 0.266 e. The molecule has 5 nitrogen and oxygen atoms in total. The molecule has 0 radical (unpaired) electrons. The Kier molecular flexibility index (Phi) is 6.53. The monoisotopic (exact) mass is 358 g/mol. The van der Waals surface area contributed by atoms with Crippen LogP contribution in [0.5, 0.6) is 0 Å². The minimum Gasteiger partial charge on any atom is -0.329 e. The normalized spacial score (nSPS) is 17.9. The van der Waals surface area contributed by atoms with Crippen LogP contribution in [0.1, 0.15) is 53.0 Å². The van der Waals surface area contributed by atoms with Crippen molar-refractivity contribution in [2.45, 2.75) is 51.6 Å². The topological polar surface area (TPSA) is 58.1 Å². The number of hydrogen-bond acceptors (Lipinski definition) is 5. The van der Waals surface area contributed by atoms with Crippen molar-refractivity contribution in [2.24, 2.45) is 0 Å². The van der Waals surface area contributed by atoms with Crippen LogP contribution in [-0.2, 0) is 13.0 Å². The van der Waals surface area contributed by atoms with Gasteiger partial charge in [-0.15, -0.1) is 11.3 Å². The standard InChI is InChI=1S/C19H26N4OS/c1-2-6-18-22-13-17(25-18)19(24)23(14-15-7-3-4-11-21-15)16-8-5-10-20-12-9-16/h3-4,7,11,13,16,20H,2,5-6,8-10,12,14H2,1H3. The summed E-state index contributed by atoms with van der Waals surface area (Å²) in [4.78, 5) is 24.8. The Hall–Kier alpha value is -1.79. The molecule has 1 aliphatic rings. The van der Waals surface area contributed by atoms with E-state index < -0.39 is 0 Å². The second-order valence-electron chi connectivity index (χ2n) is 6.46. The first kappa shape index (κ1) is 18.0. The average Bonchev–Trinajstić information content (AvgIpc) is 2.94. The molecule has 0 spiro atoms. The molecule has 1 amide bonds. The van der Waals surface area contributed by atoms with Gasteiger partial charge in [0.15, 0.2) is 0 Å². The fourth-order valence-electron chi connectivity index (χ4n) is 3.23. The van der Waals surface area contributed by atoms with Gasteiger partial charge < -0.3 is 10.2 Å². The molecule has 6 heteroatoms. The van der Waals surface area contributed by atoms with E-state index >= 15 is 0 Å². The molecule has 1 unspecified atom stereocenters. The van der Waals surface area contributed by atoms with Crippen molar-refractivity contribution in [1.82, 2.24) is 20.2 Å². The van der Waals surface area contributed by atoms with Crippen LogP contribution in [-0.4, -0.2) is 39.9 Å². The highest BCUT2D eigenvalue weighted by molar-refractivity contribution is 7.13. The number of nitrogens with zero attached hydrogens (tertiary/aromatic N) is 3. The summed E-state index contributed by atoms with van der Waals surface area (Å²) in [5.74, 6) is 0.0948. The Balaban J connectivity index is 1.81. The molecular formula is C19H26N4OS. The fourth-order valence-corrected chi connectivity index (χ4v) is 4.20. The third kappa shape index (κ3) is 4.86. The summed E-state index contributed by atoms with van der Waals surface area (Å²) >= 11 is 1.54.